The molecule has 0 saturated heterocycles. The third-order valence-electron chi connectivity index (χ3n) is 14.7. The van der Waals surface area contributed by atoms with Crippen molar-refractivity contribution in [3.8, 4) is 44.9 Å². The molecule has 11 rings (SSSR count). The van der Waals surface area contributed by atoms with Crippen LogP contribution in [0.15, 0.2) is 182 Å². The van der Waals surface area contributed by atoms with Crippen LogP contribution in [0.5, 0.6) is 11.5 Å². The maximum Gasteiger partial charge on any atom is 0.135 e. The van der Waals surface area contributed by atoms with E-state index in [1.54, 1.807) is 12.3 Å². The SMILES string of the molecule is [2H]c1c([2H])c([2H])c(-c2cccc(-c3cc(C(C)(C)C)cc(C(C)(C)C)c3)c2N2[CH-]N(c3[c-]c(Oc4[c-]c5c(cc4)[Si](C)(C)c4ccccc4N5c4cc(C([2H])([2H])[2H])c(-c5ccc(C(C)(C)C)cc5)cn4)ccc3)c3ccccc32)c([2H])c1[2H].[Pt]. The van der Waals surface area contributed by atoms with E-state index in [4.69, 9.17) is 17.9 Å². The molecule has 76 heavy (non-hydrogen) atoms. The van der Waals surface area contributed by atoms with E-state index >= 15 is 0 Å². The van der Waals surface area contributed by atoms with Gasteiger partial charge in [-0.15, -0.1) is 47.9 Å². The summed E-state index contributed by atoms with van der Waals surface area (Å²) in [6.45, 7) is 23.8. The standard InChI is InChI=1S/C69H67N4OSi.Pt/c1-46-38-65(70-44-58(46)48-32-34-50(35-33-48)67(2,3)4)73-61-30-18-19-31-63(61)75(11,12)64-37-36-55(43-62(64)73)74-54-25-20-24-53(42-54)71-45-72(60-29-17-16-28-59(60)71)66-56(47-22-14-13-15-23-47)26-21-27-57(66)49-39-51(68(5,6)7)41-52(40-49)69(8,9)10;/h13-41,44-45H,1-12H3;/q-3;/i1D3,13D,14D,15D,22D,23D;. The molecule has 0 aliphatic carbocycles. The summed E-state index contributed by atoms with van der Waals surface area (Å²) in [5, 5.41) is 2.27. The van der Waals surface area contributed by atoms with Gasteiger partial charge in [-0.25, -0.2) is 4.98 Å². The minimum absolute atomic E-state index is 0. The Balaban J connectivity index is 0.00000786. The van der Waals surface area contributed by atoms with Crippen LogP contribution in [0.25, 0.3) is 33.4 Å². The van der Waals surface area contributed by atoms with Crippen molar-refractivity contribution in [2.75, 3.05) is 14.7 Å². The van der Waals surface area contributed by atoms with Crippen molar-refractivity contribution in [1.29, 1.82) is 0 Å². The topological polar surface area (TPSA) is 31.8 Å². The molecule has 8 aromatic carbocycles. The zero-order chi connectivity index (χ0) is 59.5. The Morgan fingerprint density at radius 3 is 1.82 bits per heavy atom. The van der Waals surface area contributed by atoms with Crippen molar-refractivity contribution < 1.29 is 36.8 Å². The van der Waals surface area contributed by atoms with E-state index in [0.29, 0.717) is 39.8 Å². The van der Waals surface area contributed by atoms with E-state index < -0.39 is 33.1 Å². The van der Waals surface area contributed by atoms with Gasteiger partial charge < -0.3 is 19.4 Å². The van der Waals surface area contributed by atoms with Crippen LogP contribution < -0.4 is 29.8 Å². The first kappa shape index (κ1) is 43.2. The van der Waals surface area contributed by atoms with Crippen LogP contribution in [0.3, 0.4) is 0 Å². The van der Waals surface area contributed by atoms with Crippen LogP contribution in [-0.2, 0) is 37.3 Å². The van der Waals surface area contributed by atoms with E-state index in [2.05, 4.69) is 147 Å². The van der Waals surface area contributed by atoms with Gasteiger partial charge in [-0.1, -0.05) is 202 Å². The number of aromatic nitrogens is 1. The number of benzene rings is 8. The second-order valence-corrected chi connectivity index (χ2v) is 27.7. The van der Waals surface area contributed by atoms with Crippen LogP contribution >= 0.6 is 0 Å². The number of rotatable bonds is 8. The number of anilines is 7. The van der Waals surface area contributed by atoms with E-state index in [1.807, 2.05) is 101 Å². The average molecular weight is 1200 g/mol. The fraction of sp³-hybridized carbons (Fsp3) is 0.217. The number of fused-ring (bicyclic) bond motifs is 3. The summed E-state index contributed by atoms with van der Waals surface area (Å²) in [6.07, 6.45) is 1.68. The van der Waals surface area contributed by atoms with Crippen LogP contribution in [0, 0.1) is 25.7 Å². The van der Waals surface area contributed by atoms with E-state index in [9.17, 15) is 2.74 Å². The summed E-state index contributed by atoms with van der Waals surface area (Å²) in [7, 11) is -2.38. The molecule has 0 radical (unpaired) electrons. The molecule has 386 valence electrons. The third-order valence-corrected chi connectivity index (χ3v) is 18.2. The van der Waals surface area contributed by atoms with Gasteiger partial charge in [0.1, 0.15) is 5.82 Å². The molecule has 0 atom stereocenters. The Morgan fingerprint density at radius 1 is 0.553 bits per heavy atom. The van der Waals surface area contributed by atoms with Gasteiger partial charge in [0.25, 0.3) is 0 Å². The molecule has 3 heterocycles. The minimum Gasteiger partial charge on any atom is -0.509 e. The second-order valence-electron chi connectivity index (χ2n) is 23.3. The average Bonchev–Trinajstić information content (AvgIpc) is 2.16. The van der Waals surface area contributed by atoms with Crippen molar-refractivity contribution in [3.05, 3.63) is 223 Å². The normalized spacial score (nSPS) is 15.6. The Labute approximate surface area is 478 Å². The fourth-order valence-corrected chi connectivity index (χ4v) is 13.3. The zero-order valence-electron chi connectivity index (χ0n) is 53.0. The molecule has 0 fully saturated rings. The molecule has 0 amide bonds. The van der Waals surface area contributed by atoms with Crippen LogP contribution in [0.4, 0.5) is 39.9 Å². The molecule has 0 N–H and O–H groups in total. The summed E-state index contributed by atoms with van der Waals surface area (Å²) in [4.78, 5) is 11.1. The molecule has 9 aromatic rings. The first-order valence-electron chi connectivity index (χ1n) is 29.7. The molecular weight excluding hydrogens is 1120 g/mol. The number of ether oxygens (including phenoxy) is 1. The molecule has 7 heteroatoms. The van der Waals surface area contributed by atoms with Gasteiger partial charge in [-0.2, -0.15) is 12.1 Å². The maximum absolute atomic E-state index is 9.27. The van der Waals surface area contributed by atoms with Crippen molar-refractivity contribution in [1.82, 2.24) is 4.98 Å². The third kappa shape index (κ3) is 9.76. The Hall–Kier alpha value is -6.98. The quantitative estimate of drug-likeness (QED) is 0.112. The van der Waals surface area contributed by atoms with Crippen LogP contribution in [0.2, 0.25) is 13.1 Å². The van der Waals surface area contributed by atoms with Gasteiger partial charge in [0, 0.05) is 82.3 Å². The van der Waals surface area contributed by atoms with E-state index in [-0.39, 0.29) is 60.5 Å². The minimum atomic E-state index is -2.45. The first-order valence-corrected chi connectivity index (χ1v) is 28.7. The monoisotopic (exact) mass is 1200 g/mol. The van der Waals surface area contributed by atoms with Crippen molar-refractivity contribution in [2.45, 2.75) is 98.5 Å². The molecule has 0 unspecified atom stereocenters. The van der Waals surface area contributed by atoms with Gasteiger partial charge in [-0.05, 0) is 91.5 Å². The van der Waals surface area contributed by atoms with Gasteiger partial charge in [0.2, 0.25) is 0 Å². The number of nitrogens with zero attached hydrogens (tertiary/aromatic N) is 4. The maximum atomic E-state index is 9.27. The Kier molecular flexibility index (Phi) is 11.3. The van der Waals surface area contributed by atoms with Gasteiger partial charge in [0.05, 0.1) is 14.9 Å². The van der Waals surface area contributed by atoms with Crippen LogP contribution in [-0.4, -0.2) is 13.1 Å². The molecule has 0 spiro atoms. The van der Waals surface area contributed by atoms with Crippen molar-refractivity contribution in [3.63, 3.8) is 0 Å². The molecule has 5 nitrogen and oxygen atoms in total. The van der Waals surface area contributed by atoms with Crippen molar-refractivity contribution >= 4 is 58.4 Å². The predicted octanol–water partition coefficient (Wildman–Crippen LogP) is 17.7. The zero-order valence-corrected chi connectivity index (χ0v) is 48.3. The number of hydrogen-bond acceptors (Lipinski definition) is 5. The van der Waals surface area contributed by atoms with Gasteiger partial charge in [-0.3, -0.25) is 0 Å². The molecule has 0 saturated carbocycles. The number of aryl methyl sites for hydroxylation is 1. The van der Waals surface area contributed by atoms with E-state index in [1.165, 1.54) is 5.19 Å². The summed E-state index contributed by atoms with van der Waals surface area (Å²) in [5.74, 6) is 1.29. The molecule has 2 aliphatic heterocycles. The summed E-state index contributed by atoms with van der Waals surface area (Å²) in [6, 6.07) is 53.6. The van der Waals surface area contributed by atoms with Gasteiger partial charge in [0.15, 0.2) is 0 Å². The Morgan fingerprint density at radius 2 is 1.16 bits per heavy atom. The van der Waals surface area contributed by atoms with Gasteiger partial charge >= 0.3 is 0 Å². The Bertz CT molecular complexity index is 3990. The molecule has 1 aromatic heterocycles. The molecule has 2 aliphatic rings. The molecular formula is C69H67N4OPtSi-3. The first-order chi connectivity index (χ1) is 39.0. The number of pyridine rings is 1. The van der Waals surface area contributed by atoms with E-state index in [0.717, 1.165) is 61.3 Å². The predicted molar refractivity (Wildman–Crippen MR) is 318 cm³/mol. The number of hydrogen-bond donors (Lipinski definition) is 0. The smallest absolute Gasteiger partial charge is 0.135 e. The summed E-state index contributed by atoms with van der Waals surface area (Å²) < 4.78 is 77.8. The number of para-hydroxylation sites is 4. The molecule has 0 bridgehead atoms. The summed E-state index contributed by atoms with van der Waals surface area (Å²) in [5.41, 5.74) is 11.4. The van der Waals surface area contributed by atoms with Crippen LogP contribution in [0.1, 0.15) is 95.5 Å². The summed E-state index contributed by atoms with van der Waals surface area (Å²) >= 11 is 0. The largest absolute Gasteiger partial charge is 0.509 e. The second kappa shape index (κ2) is 19.9. The fourth-order valence-electron chi connectivity index (χ4n) is 10.4. The van der Waals surface area contributed by atoms with Crippen molar-refractivity contribution in [2.24, 2.45) is 0 Å².